The number of hydrogen-bond acceptors (Lipinski definition) is 5. The number of rotatable bonds is 5. The Morgan fingerprint density at radius 2 is 1.96 bits per heavy atom. The second-order valence-corrected chi connectivity index (χ2v) is 6.88. The van der Waals surface area contributed by atoms with E-state index in [4.69, 9.17) is 4.74 Å². The summed E-state index contributed by atoms with van der Waals surface area (Å²) < 4.78 is 19.1. The van der Waals surface area contributed by atoms with Crippen molar-refractivity contribution in [2.45, 2.75) is 25.8 Å². The van der Waals surface area contributed by atoms with Gasteiger partial charge in [-0.1, -0.05) is 12.1 Å². The van der Waals surface area contributed by atoms with Crippen LogP contribution in [0.5, 0.6) is 5.75 Å². The molecule has 1 aromatic heterocycles. The summed E-state index contributed by atoms with van der Waals surface area (Å²) in [6.07, 6.45) is 3.96. The molecule has 6 heteroatoms. The van der Waals surface area contributed by atoms with Crippen molar-refractivity contribution in [2.24, 2.45) is 0 Å². The summed E-state index contributed by atoms with van der Waals surface area (Å²) >= 11 is 0. The number of fused-ring (bicyclic) bond motifs is 1. The molecule has 1 aliphatic rings. The van der Waals surface area contributed by atoms with Gasteiger partial charge in [0.2, 0.25) is 0 Å². The zero-order valence-corrected chi connectivity index (χ0v) is 15.6. The topological polar surface area (TPSA) is 50.3 Å². The van der Waals surface area contributed by atoms with Gasteiger partial charge in [-0.2, -0.15) is 0 Å². The number of hydrogen-bond donors (Lipinski definition) is 1. The summed E-state index contributed by atoms with van der Waals surface area (Å²) in [6.45, 7) is 4.33. The van der Waals surface area contributed by atoms with Crippen LogP contribution in [0.15, 0.2) is 42.7 Å². The van der Waals surface area contributed by atoms with Gasteiger partial charge >= 0.3 is 0 Å². The van der Waals surface area contributed by atoms with Gasteiger partial charge in [0.15, 0.2) is 11.6 Å². The Morgan fingerprint density at radius 3 is 2.74 bits per heavy atom. The number of nitrogens with zero attached hydrogens (tertiary/aromatic N) is 3. The molecule has 2 aromatic carbocycles. The summed E-state index contributed by atoms with van der Waals surface area (Å²) in [5.74, 6) is 0.419. The lowest BCUT2D eigenvalue weighted by Gasteiger charge is -2.21. The molecule has 0 aliphatic carbocycles. The Kier molecular flexibility index (Phi) is 4.79. The first kappa shape index (κ1) is 17.5. The molecule has 0 radical (unpaired) electrons. The molecule has 4 rings (SSSR count). The lowest BCUT2D eigenvalue weighted by molar-refractivity contribution is 0.387. The van der Waals surface area contributed by atoms with Gasteiger partial charge < -0.3 is 15.0 Å². The molecular weight excluding hydrogens is 343 g/mol. The Hall–Kier alpha value is -2.89. The van der Waals surface area contributed by atoms with Crippen LogP contribution >= 0.6 is 0 Å². The SMILES string of the molecule is COc1cc2c(NC(C)c3cccc(N4CCCC4)c3)ncnc2cc1F. The molecule has 1 saturated heterocycles. The minimum Gasteiger partial charge on any atom is -0.494 e. The van der Waals surface area contributed by atoms with Gasteiger partial charge in [0.1, 0.15) is 12.1 Å². The van der Waals surface area contributed by atoms with Crippen molar-refractivity contribution in [3.63, 3.8) is 0 Å². The number of benzene rings is 2. The number of anilines is 2. The highest BCUT2D eigenvalue weighted by atomic mass is 19.1. The van der Waals surface area contributed by atoms with Gasteiger partial charge in [-0.25, -0.2) is 14.4 Å². The van der Waals surface area contributed by atoms with E-state index in [-0.39, 0.29) is 11.8 Å². The van der Waals surface area contributed by atoms with E-state index in [0.717, 1.165) is 18.5 Å². The Morgan fingerprint density at radius 1 is 1.15 bits per heavy atom. The average molecular weight is 366 g/mol. The van der Waals surface area contributed by atoms with E-state index in [1.54, 1.807) is 6.07 Å². The summed E-state index contributed by atoms with van der Waals surface area (Å²) in [6, 6.07) is 11.7. The lowest BCUT2D eigenvalue weighted by Crippen LogP contribution is -2.18. The second kappa shape index (κ2) is 7.39. The van der Waals surface area contributed by atoms with Crippen LogP contribution in [0.25, 0.3) is 10.9 Å². The smallest absolute Gasteiger partial charge is 0.167 e. The quantitative estimate of drug-likeness (QED) is 0.718. The van der Waals surface area contributed by atoms with Crippen molar-refractivity contribution in [1.82, 2.24) is 9.97 Å². The molecule has 1 fully saturated rings. The van der Waals surface area contributed by atoms with Crippen LogP contribution in [0.3, 0.4) is 0 Å². The van der Waals surface area contributed by atoms with E-state index < -0.39 is 5.82 Å². The van der Waals surface area contributed by atoms with Crippen LogP contribution in [0, 0.1) is 5.82 Å². The van der Waals surface area contributed by atoms with E-state index in [0.29, 0.717) is 11.3 Å². The monoisotopic (exact) mass is 366 g/mol. The van der Waals surface area contributed by atoms with E-state index in [1.165, 1.54) is 43.6 Å². The van der Waals surface area contributed by atoms with Crippen LogP contribution in [-0.4, -0.2) is 30.2 Å². The zero-order chi connectivity index (χ0) is 18.8. The number of aromatic nitrogens is 2. The molecule has 0 amide bonds. The second-order valence-electron chi connectivity index (χ2n) is 6.88. The van der Waals surface area contributed by atoms with E-state index >= 15 is 0 Å². The maximum Gasteiger partial charge on any atom is 0.167 e. The van der Waals surface area contributed by atoms with Crippen LogP contribution in [0.4, 0.5) is 15.9 Å². The number of nitrogens with one attached hydrogen (secondary N) is 1. The van der Waals surface area contributed by atoms with Crippen molar-refractivity contribution < 1.29 is 9.13 Å². The van der Waals surface area contributed by atoms with Crippen LogP contribution in [-0.2, 0) is 0 Å². The van der Waals surface area contributed by atoms with Crippen molar-refractivity contribution >= 4 is 22.4 Å². The number of ether oxygens (including phenoxy) is 1. The molecule has 140 valence electrons. The molecule has 1 N–H and O–H groups in total. The molecule has 2 heterocycles. The molecule has 0 spiro atoms. The molecule has 0 saturated carbocycles. The third-order valence-corrected chi connectivity index (χ3v) is 5.10. The highest BCUT2D eigenvalue weighted by Crippen LogP contribution is 2.30. The van der Waals surface area contributed by atoms with E-state index in [1.807, 2.05) is 0 Å². The minimum absolute atomic E-state index is 0.0432. The van der Waals surface area contributed by atoms with Gasteiger partial charge in [-0.15, -0.1) is 0 Å². The van der Waals surface area contributed by atoms with Gasteiger partial charge in [0.25, 0.3) is 0 Å². The van der Waals surface area contributed by atoms with Crippen molar-refractivity contribution in [1.29, 1.82) is 0 Å². The third kappa shape index (κ3) is 3.52. The maximum absolute atomic E-state index is 14.0. The lowest BCUT2D eigenvalue weighted by atomic mass is 10.1. The standard InChI is InChI=1S/C21H23FN4O/c1-14(15-6-5-7-16(10-15)26-8-3-4-9-26)25-21-17-11-20(27-2)18(22)12-19(17)23-13-24-21/h5-7,10-14H,3-4,8-9H2,1-2H3,(H,23,24,25). The Bertz CT molecular complexity index is 956. The first-order chi connectivity index (χ1) is 13.2. The van der Waals surface area contributed by atoms with E-state index in [9.17, 15) is 4.39 Å². The summed E-state index contributed by atoms with van der Waals surface area (Å²) in [7, 11) is 1.45. The van der Waals surface area contributed by atoms with Crippen LogP contribution < -0.4 is 15.0 Å². The van der Waals surface area contributed by atoms with Crippen molar-refractivity contribution in [3.8, 4) is 5.75 Å². The fraction of sp³-hybridized carbons (Fsp3) is 0.333. The maximum atomic E-state index is 14.0. The molecule has 1 aliphatic heterocycles. The number of halogens is 1. The molecule has 1 unspecified atom stereocenters. The molecule has 5 nitrogen and oxygen atoms in total. The summed E-state index contributed by atoms with van der Waals surface area (Å²) in [4.78, 5) is 11.0. The largest absolute Gasteiger partial charge is 0.494 e. The number of methoxy groups -OCH3 is 1. The Balaban J connectivity index is 1.63. The molecular formula is C21H23FN4O. The predicted octanol–water partition coefficient (Wildman–Crippen LogP) is 4.55. The van der Waals surface area contributed by atoms with Crippen molar-refractivity contribution in [3.05, 3.63) is 54.1 Å². The fourth-order valence-electron chi connectivity index (χ4n) is 3.58. The Labute approximate surface area is 158 Å². The first-order valence-electron chi connectivity index (χ1n) is 9.25. The normalized spacial score (nSPS) is 15.1. The van der Waals surface area contributed by atoms with Gasteiger partial charge in [0.05, 0.1) is 18.7 Å². The minimum atomic E-state index is -0.430. The zero-order valence-electron chi connectivity index (χ0n) is 15.6. The molecule has 3 aromatic rings. The predicted molar refractivity (Wildman–Crippen MR) is 106 cm³/mol. The average Bonchev–Trinajstić information content (AvgIpc) is 3.22. The van der Waals surface area contributed by atoms with Crippen LogP contribution in [0.2, 0.25) is 0 Å². The first-order valence-corrected chi connectivity index (χ1v) is 9.25. The fourth-order valence-corrected chi connectivity index (χ4v) is 3.58. The summed E-state index contributed by atoms with van der Waals surface area (Å²) in [5, 5.41) is 4.18. The van der Waals surface area contributed by atoms with Gasteiger partial charge in [0, 0.05) is 30.2 Å². The molecule has 1 atom stereocenters. The summed E-state index contributed by atoms with van der Waals surface area (Å²) in [5.41, 5.74) is 2.99. The van der Waals surface area contributed by atoms with Gasteiger partial charge in [-0.3, -0.25) is 0 Å². The van der Waals surface area contributed by atoms with Crippen LogP contribution in [0.1, 0.15) is 31.4 Å². The van der Waals surface area contributed by atoms with Gasteiger partial charge in [-0.05, 0) is 43.5 Å². The van der Waals surface area contributed by atoms with Crippen molar-refractivity contribution in [2.75, 3.05) is 30.4 Å². The highest BCUT2D eigenvalue weighted by Gasteiger charge is 2.16. The highest BCUT2D eigenvalue weighted by molar-refractivity contribution is 5.90. The molecule has 0 bridgehead atoms. The van der Waals surface area contributed by atoms with E-state index in [2.05, 4.69) is 51.4 Å². The third-order valence-electron chi connectivity index (χ3n) is 5.10. The molecule has 27 heavy (non-hydrogen) atoms.